The summed E-state index contributed by atoms with van der Waals surface area (Å²) in [4.78, 5) is 21.4. The summed E-state index contributed by atoms with van der Waals surface area (Å²) in [6.45, 7) is 2.48. The van der Waals surface area contributed by atoms with E-state index in [4.69, 9.17) is 9.47 Å². The third-order valence-electron chi connectivity index (χ3n) is 6.72. The predicted octanol–water partition coefficient (Wildman–Crippen LogP) is 3.32. The first-order valence-electron chi connectivity index (χ1n) is 12.5. The van der Waals surface area contributed by atoms with Crippen molar-refractivity contribution >= 4 is 15.9 Å². The summed E-state index contributed by atoms with van der Waals surface area (Å²) < 4.78 is 37.8. The highest BCUT2D eigenvalue weighted by Crippen LogP contribution is 2.23. The van der Waals surface area contributed by atoms with Crippen LogP contribution in [0.5, 0.6) is 5.75 Å². The van der Waals surface area contributed by atoms with Crippen molar-refractivity contribution in [3.63, 3.8) is 0 Å². The molecule has 0 spiro atoms. The summed E-state index contributed by atoms with van der Waals surface area (Å²) >= 11 is 0. The first-order chi connectivity index (χ1) is 18.9. The van der Waals surface area contributed by atoms with E-state index < -0.39 is 10.0 Å². The van der Waals surface area contributed by atoms with Crippen LogP contribution in [0.25, 0.3) is 11.4 Å². The van der Waals surface area contributed by atoms with E-state index in [9.17, 15) is 13.2 Å². The second kappa shape index (κ2) is 11.2. The largest absolute Gasteiger partial charge is 0.497 e. The van der Waals surface area contributed by atoms with Crippen LogP contribution in [0.15, 0.2) is 95.5 Å². The van der Waals surface area contributed by atoms with Gasteiger partial charge in [-0.2, -0.15) is 8.42 Å². The van der Waals surface area contributed by atoms with Crippen LogP contribution in [0.4, 0.5) is 0 Å². The van der Waals surface area contributed by atoms with Crippen molar-refractivity contribution in [2.24, 2.45) is 0 Å². The molecule has 1 aromatic heterocycles. The zero-order valence-corrected chi connectivity index (χ0v) is 22.5. The highest BCUT2D eigenvalue weighted by Gasteiger charge is 2.26. The Kier molecular flexibility index (Phi) is 7.51. The Labute approximate surface area is 227 Å². The summed E-state index contributed by atoms with van der Waals surface area (Å²) in [5.41, 5.74) is 2.19. The maximum absolute atomic E-state index is 13.2. The fourth-order valence-corrected chi connectivity index (χ4v) is 5.60. The molecule has 1 saturated heterocycles. The van der Waals surface area contributed by atoms with Gasteiger partial charge in [0.15, 0.2) is 5.82 Å². The number of nitrogens with zero attached hydrogens (tertiary/aromatic N) is 5. The Balaban J connectivity index is 1.25. The quantitative estimate of drug-likeness (QED) is 0.444. The number of allylic oxidation sites excluding steroid dienone is 4. The number of hydrogen-bond donors (Lipinski definition) is 0. The molecular weight excluding hydrogens is 518 g/mol. The zero-order chi connectivity index (χ0) is 27.4. The van der Waals surface area contributed by atoms with Crippen LogP contribution in [0.1, 0.15) is 16.8 Å². The lowest BCUT2D eigenvalue weighted by molar-refractivity contribution is 0.0663. The highest BCUT2D eigenvalue weighted by molar-refractivity contribution is 7.89. The fraction of sp³-hybridized carbons (Fsp3) is 0.250. The van der Waals surface area contributed by atoms with E-state index in [1.54, 1.807) is 43.4 Å². The average molecular weight is 548 g/mol. The van der Waals surface area contributed by atoms with Crippen LogP contribution < -0.4 is 4.74 Å². The van der Waals surface area contributed by atoms with Crippen LogP contribution in [-0.2, 0) is 14.8 Å². The molecule has 11 heteroatoms. The molecular formula is C28H29N5O5S. The summed E-state index contributed by atoms with van der Waals surface area (Å²) in [6, 6.07) is 12.9. The SMILES string of the molecule is COC1=C(N2CCN(C(=O)c3ccc(S(=O)(=O)n4cnc(-c5ccc(OC)cc5)n4)cc3)CC2)CC=CC=C1. The van der Waals surface area contributed by atoms with Crippen molar-refractivity contribution < 1.29 is 22.7 Å². The van der Waals surface area contributed by atoms with Gasteiger partial charge >= 0.3 is 0 Å². The molecule has 1 aliphatic heterocycles. The van der Waals surface area contributed by atoms with Crippen molar-refractivity contribution in [1.29, 1.82) is 0 Å². The van der Waals surface area contributed by atoms with Gasteiger partial charge in [-0.05, 0) is 54.6 Å². The Morgan fingerprint density at radius 1 is 0.897 bits per heavy atom. The molecule has 202 valence electrons. The summed E-state index contributed by atoms with van der Waals surface area (Å²) in [7, 11) is -0.746. The average Bonchev–Trinajstić information content (AvgIpc) is 3.37. The summed E-state index contributed by atoms with van der Waals surface area (Å²) in [5.74, 6) is 1.65. The number of aromatic nitrogens is 3. The molecule has 0 unspecified atom stereocenters. The first kappa shape index (κ1) is 26.2. The number of hydrogen-bond acceptors (Lipinski definition) is 8. The molecule has 0 saturated carbocycles. The van der Waals surface area contributed by atoms with Crippen molar-refractivity contribution in [3.05, 3.63) is 96.2 Å². The van der Waals surface area contributed by atoms with Gasteiger partial charge in [0.1, 0.15) is 17.8 Å². The van der Waals surface area contributed by atoms with Crippen LogP contribution in [0.3, 0.4) is 0 Å². The van der Waals surface area contributed by atoms with Crippen LogP contribution in [0.2, 0.25) is 0 Å². The minimum absolute atomic E-state index is 0.0172. The lowest BCUT2D eigenvalue weighted by Crippen LogP contribution is -2.48. The van der Waals surface area contributed by atoms with Crippen LogP contribution in [0, 0.1) is 0 Å². The van der Waals surface area contributed by atoms with Gasteiger partial charge in [-0.25, -0.2) is 4.98 Å². The highest BCUT2D eigenvalue weighted by atomic mass is 32.2. The smallest absolute Gasteiger partial charge is 0.284 e. The van der Waals surface area contributed by atoms with E-state index in [-0.39, 0.29) is 16.6 Å². The number of benzene rings is 2. The van der Waals surface area contributed by atoms with Gasteiger partial charge in [0.25, 0.3) is 15.9 Å². The second-order valence-electron chi connectivity index (χ2n) is 8.98. The van der Waals surface area contributed by atoms with Gasteiger partial charge in [0.05, 0.1) is 24.8 Å². The minimum atomic E-state index is -3.98. The monoisotopic (exact) mass is 547 g/mol. The number of methoxy groups -OCH3 is 2. The maximum atomic E-state index is 13.2. The number of carbonyl (C=O) groups excluding carboxylic acids is 1. The van der Waals surface area contributed by atoms with E-state index in [0.29, 0.717) is 43.1 Å². The third-order valence-corrected chi connectivity index (χ3v) is 8.26. The minimum Gasteiger partial charge on any atom is -0.497 e. The van der Waals surface area contributed by atoms with Crippen LogP contribution >= 0.6 is 0 Å². The third kappa shape index (κ3) is 5.44. The van der Waals surface area contributed by atoms with Crippen molar-refractivity contribution in [3.8, 4) is 17.1 Å². The van der Waals surface area contributed by atoms with E-state index >= 15 is 0 Å². The molecule has 0 atom stereocenters. The summed E-state index contributed by atoms with van der Waals surface area (Å²) in [6.07, 6.45) is 9.93. The Morgan fingerprint density at radius 2 is 1.62 bits per heavy atom. The molecule has 5 rings (SSSR count). The van der Waals surface area contributed by atoms with E-state index in [2.05, 4.69) is 21.1 Å². The molecule has 0 bridgehead atoms. The molecule has 0 radical (unpaired) electrons. The molecule has 2 aromatic carbocycles. The van der Waals surface area contributed by atoms with Gasteiger partial charge in [0, 0.05) is 43.7 Å². The number of carbonyl (C=O) groups is 1. The zero-order valence-electron chi connectivity index (χ0n) is 21.7. The normalized spacial score (nSPS) is 15.8. The number of rotatable bonds is 7. The van der Waals surface area contributed by atoms with Crippen LogP contribution in [-0.4, -0.2) is 78.7 Å². The first-order valence-corrected chi connectivity index (χ1v) is 13.9. The summed E-state index contributed by atoms with van der Waals surface area (Å²) in [5, 5.41) is 4.15. The van der Waals surface area contributed by atoms with E-state index in [0.717, 1.165) is 28.3 Å². The Bertz CT molecular complexity index is 1530. The Hall–Kier alpha value is -4.38. The Morgan fingerprint density at radius 3 is 2.28 bits per heavy atom. The molecule has 10 nitrogen and oxygen atoms in total. The molecule has 0 N–H and O–H groups in total. The molecule has 1 amide bonds. The molecule has 1 fully saturated rings. The van der Waals surface area contributed by atoms with Gasteiger partial charge in [-0.15, -0.1) is 9.19 Å². The lowest BCUT2D eigenvalue weighted by atomic mass is 10.1. The number of amides is 1. The molecule has 1 aliphatic carbocycles. The standard InChI is InChI=1S/C28H29N5O5S/c1-37-23-12-8-21(9-13-23)27-29-20-33(30-27)39(35,36)24-14-10-22(11-15-24)28(34)32-18-16-31(17-19-32)25-6-4-3-5-7-26(25)38-2/h3-5,7-15,20H,6,16-19H2,1-2H3. The number of piperazine rings is 1. The van der Waals surface area contributed by atoms with Crippen molar-refractivity contribution in [2.45, 2.75) is 11.3 Å². The molecule has 3 aromatic rings. The predicted molar refractivity (Wildman–Crippen MR) is 145 cm³/mol. The molecule has 2 heterocycles. The number of ether oxygens (including phenoxy) is 2. The topological polar surface area (TPSA) is 107 Å². The van der Waals surface area contributed by atoms with E-state index in [1.165, 1.54) is 24.3 Å². The second-order valence-corrected chi connectivity index (χ2v) is 10.8. The van der Waals surface area contributed by atoms with Crippen molar-refractivity contribution in [2.75, 3.05) is 40.4 Å². The van der Waals surface area contributed by atoms with Gasteiger partial charge in [-0.1, -0.05) is 18.2 Å². The maximum Gasteiger partial charge on any atom is 0.284 e. The molecule has 2 aliphatic rings. The van der Waals surface area contributed by atoms with Gasteiger partial charge < -0.3 is 19.3 Å². The molecule has 39 heavy (non-hydrogen) atoms. The van der Waals surface area contributed by atoms with Gasteiger partial charge in [0.2, 0.25) is 0 Å². The van der Waals surface area contributed by atoms with Gasteiger partial charge in [-0.3, -0.25) is 4.79 Å². The van der Waals surface area contributed by atoms with Crippen molar-refractivity contribution in [1.82, 2.24) is 24.0 Å². The van der Waals surface area contributed by atoms with E-state index in [1.807, 2.05) is 18.2 Å². The fourth-order valence-electron chi connectivity index (χ4n) is 4.55. The lowest BCUT2D eigenvalue weighted by Gasteiger charge is -2.37.